The molecule has 0 unspecified atom stereocenters. The fourth-order valence-electron chi connectivity index (χ4n) is 1.27. The van der Waals surface area contributed by atoms with Gasteiger partial charge < -0.3 is 19.9 Å². The normalized spacial score (nSPS) is 10.1. The van der Waals surface area contributed by atoms with Gasteiger partial charge in [0.05, 0.1) is 18.7 Å². The minimum atomic E-state index is -0.354. The number of carbonyl (C=O) groups excluding carboxylic acids is 1. The number of aromatic hydroxyl groups is 1. The molecule has 5 nitrogen and oxygen atoms in total. The Bertz CT molecular complexity index is 395. The molecule has 0 spiro atoms. The first-order valence-corrected chi connectivity index (χ1v) is 4.88. The van der Waals surface area contributed by atoms with E-state index in [1.165, 1.54) is 6.92 Å². The van der Waals surface area contributed by atoms with Crippen molar-refractivity contribution in [1.82, 2.24) is 0 Å². The molecule has 3 N–H and O–H groups in total. The molecule has 0 bridgehead atoms. The van der Waals surface area contributed by atoms with Crippen LogP contribution in [0.4, 0.5) is 5.88 Å². The molecule has 0 aliphatic heterocycles. The van der Waals surface area contributed by atoms with E-state index in [2.05, 4.69) is 11.9 Å². The van der Waals surface area contributed by atoms with E-state index in [1.54, 1.807) is 6.08 Å². The summed E-state index contributed by atoms with van der Waals surface area (Å²) < 4.78 is 5.28. The van der Waals surface area contributed by atoms with Gasteiger partial charge in [-0.2, -0.15) is 0 Å². The van der Waals surface area contributed by atoms with Gasteiger partial charge in [-0.15, -0.1) is 6.58 Å². The molecule has 0 saturated carbocycles. The Kier molecular flexibility index (Phi) is 4.13. The first kappa shape index (κ1) is 12.3. The molecular weight excluding hydrogens is 210 g/mol. The van der Waals surface area contributed by atoms with Crippen LogP contribution < -0.4 is 5.32 Å². The van der Waals surface area contributed by atoms with Gasteiger partial charge in [-0.1, -0.05) is 6.08 Å². The van der Waals surface area contributed by atoms with Gasteiger partial charge >= 0.3 is 0 Å². The Labute approximate surface area is 93.4 Å². The third-order valence-corrected chi connectivity index (χ3v) is 2.04. The molecule has 0 radical (unpaired) electrons. The molecule has 0 amide bonds. The highest BCUT2D eigenvalue weighted by molar-refractivity contribution is 5.80. The fourth-order valence-corrected chi connectivity index (χ4v) is 1.27. The van der Waals surface area contributed by atoms with Crippen LogP contribution in [0.2, 0.25) is 0 Å². The van der Waals surface area contributed by atoms with Crippen LogP contribution in [0.15, 0.2) is 17.1 Å². The first-order valence-electron chi connectivity index (χ1n) is 4.88. The molecule has 0 aliphatic carbocycles. The number of ketones is 1. The molecule has 1 rings (SSSR count). The number of carbonyl (C=O) groups is 1. The summed E-state index contributed by atoms with van der Waals surface area (Å²) in [5.74, 6) is 0.399. The van der Waals surface area contributed by atoms with Gasteiger partial charge in [0.15, 0.2) is 11.5 Å². The maximum absolute atomic E-state index is 10.8. The van der Waals surface area contributed by atoms with E-state index in [-0.39, 0.29) is 36.1 Å². The van der Waals surface area contributed by atoms with Gasteiger partial charge in [-0.3, -0.25) is 4.79 Å². The Morgan fingerprint density at radius 1 is 1.62 bits per heavy atom. The monoisotopic (exact) mass is 225 g/mol. The maximum atomic E-state index is 10.8. The number of aliphatic hydroxyl groups excluding tert-OH is 1. The second-order valence-electron chi connectivity index (χ2n) is 3.39. The molecular formula is C11H15NO4. The third kappa shape index (κ3) is 2.64. The lowest BCUT2D eigenvalue weighted by Gasteiger charge is -2.01. The van der Waals surface area contributed by atoms with E-state index in [0.717, 1.165) is 0 Å². The van der Waals surface area contributed by atoms with Crippen molar-refractivity contribution in [3.05, 3.63) is 24.0 Å². The minimum absolute atomic E-state index is 0.0648. The molecule has 1 heterocycles. The predicted octanol–water partition coefficient (Wildman–Crippen LogP) is 1.21. The number of Topliss-reactive ketones (excluding diaryl/α,β-unsaturated/α-hetero) is 1. The summed E-state index contributed by atoms with van der Waals surface area (Å²) in [4.78, 5) is 10.8. The van der Waals surface area contributed by atoms with Crippen molar-refractivity contribution in [2.75, 3.05) is 11.9 Å². The number of allylic oxidation sites excluding steroid dienone is 1. The largest absolute Gasteiger partial charge is 0.504 e. The van der Waals surface area contributed by atoms with Crippen molar-refractivity contribution in [3.8, 4) is 5.75 Å². The standard InChI is InChI=1S/C11H15NO4/c1-3-4-9-10(15)8(6-13)11(16-9)12-5-7(2)14/h3,12-13,15H,1,4-6H2,2H3. The van der Waals surface area contributed by atoms with Crippen LogP contribution in [-0.2, 0) is 17.8 Å². The van der Waals surface area contributed by atoms with Crippen LogP contribution in [-0.4, -0.2) is 22.5 Å². The zero-order valence-electron chi connectivity index (χ0n) is 9.12. The van der Waals surface area contributed by atoms with Crippen molar-refractivity contribution in [1.29, 1.82) is 0 Å². The molecule has 16 heavy (non-hydrogen) atoms. The van der Waals surface area contributed by atoms with Gasteiger partial charge in [-0.25, -0.2) is 0 Å². The quantitative estimate of drug-likeness (QED) is 0.634. The summed E-state index contributed by atoms with van der Waals surface area (Å²) in [5.41, 5.74) is 0.262. The Morgan fingerprint density at radius 3 is 2.81 bits per heavy atom. The molecule has 0 aromatic carbocycles. The summed E-state index contributed by atoms with van der Waals surface area (Å²) in [6.07, 6.45) is 1.94. The van der Waals surface area contributed by atoms with E-state index in [4.69, 9.17) is 9.52 Å². The van der Waals surface area contributed by atoms with Gasteiger partial charge in [0, 0.05) is 6.42 Å². The molecule has 0 aliphatic rings. The highest BCUT2D eigenvalue weighted by Crippen LogP contribution is 2.33. The van der Waals surface area contributed by atoms with Crippen molar-refractivity contribution in [2.24, 2.45) is 0 Å². The van der Waals surface area contributed by atoms with Crippen molar-refractivity contribution < 1.29 is 19.4 Å². The number of hydrogen-bond acceptors (Lipinski definition) is 5. The lowest BCUT2D eigenvalue weighted by atomic mass is 10.2. The minimum Gasteiger partial charge on any atom is -0.504 e. The van der Waals surface area contributed by atoms with Gasteiger partial charge in [0.1, 0.15) is 5.78 Å². The SMILES string of the molecule is C=CCc1oc(NCC(C)=O)c(CO)c1O. The topological polar surface area (TPSA) is 82.7 Å². The number of furan rings is 1. The molecule has 5 heteroatoms. The van der Waals surface area contributed by atoms with Crippen molar-refractivity contribution in [3.63, 3.8) is 0 Å². The second-order valence-corrected chi connectivity index (χ2v) is 3.39. The molecule has 1 aromatic rings. The van der Waals surface area contributed by atoms with Crippen LogP contribution in [0, 0.1) is 0 Å². The summed E-state index contributed by atoms with van der Waals surface area (Å²) in [6.45, 7) is 4.69. The zero-order valence-corrected chi connectivity index (χ0v) is 9.12. The first-order chi connectivity index (χ1) is 7.60. The lowest BCUT2D eigenvalue weighted by Crippen LogP contribution is -2.10. The van der Waals surface area contributed by atoms with Crippen LogP contribution in [0.3, 0.4) is 0 Å². The molecule has 1 aromatic heterocycles. The fraction of sp³-hybridized carbons (Fsp3) is 0.364. The summed E-state index contributed by atoms with van der Waals surface area (Å²) in [7, 11) is 0. The lowest BCUT2D eigenvalue weighted by molar-refractivity contribution is -0.115. The van der Waals surface area contributed by atoms with E-state index < -0.39 is 0 Å². The number of rotatable bonds is 6. The summed E-state index contributed by atoms with van der Waals surface area (Å²) in [5, 5.41) is 21.5. The molecule has 0 atom stereocenters. The van der Waals surface area contributed by atoms with E-state index in [0.29, 0.717) is 12.2 Å². The third-order valence-electron chi connectivity index (χ3n) is 2.04. The highest BCUT2D eigenvalue weighted by atomic mass is 16.4. The average molecular weight is 225 g/mol. The second kappa shape index (κ2) is 5.37. The van der Waals surface area contributed by atoms with E-state index in [9.17, 15) is 9.90 Å². The van der Waals surface area contributed by atoms with Crippen molar-refractivity contribution >= 4 is 11.7 Å². The average Bonchev–Trinajstić information content (AvgIpc) is 2.53. The summed E-state index contributed by atoms with van der Waals surface area (Å²) in [6, 6.07) is 0. The van der Waals surface area contributed by atoms with Crippen molar-refractivity contribution in [2.45, 2.75) is 20.0 Å². The zero-order chi connectivity index (χ0) is 12.1. The Balaban J connectivity index is 2.93. The smallest absolute Gasteiger partial charge is 0.202 e. The number of anilines is 1. The van der Waals surface area contributed by atoms with Gasteiger partial charge in [-0.05, 0) is 6.92 Å². The van der Waals surface area contributed by atoms with Gasteiger partial charge in [0.25, 0.3) is 0 Å². The Hall–Kier alpha value is -1.75. The Morgan fingerprint density at radius 2 is 2.31 bits per heavy atom. The highest BCUT2D eigenvalue weighted by Gasteiger charge is 2.18. The number of aliphatic hydroxyl groups is 1. The van der Waals surface area contributed by atoms with Crippen LogP contribution in [0.25, 0.3) is 0 Å². The molecule has 0 saturated heterocycles. The van der Waals surface area contributed by atoms with Crippen LogP contribution >= 0.6 is 0 Å². The van der Waals surface area contributed by atoms with E-state index >= 15 is 0 Å². The maximum Gasteiger partial charge on any atom is 0.202 e. The van der Waals surface area contributed by atoms with Crippen LogP contribution in [0.1, 0.15) is 18.2 Å². The van der Waals surface area contributed by atoms with Gasteiger partial charge in [0.2, 0.25) is 5.88 Å². The predicted molar refractivity (Wildman–Crippen MR) is 59.4 cm³/mol. The molecule has 88 valence electrons. The summed E-state index contributed by atoms with van der Waals surface area (Å²) >= 11 is 0. The van der Waals surface area contributed by atoms with Crippen LogP contribution in [0.5, 0.6) is 5.75 Å². The number of hydrogen-bond donors (Lipinski definition) is 3. The van der Waals surface area contributed by atoms with E-state index in [1.807, 2.05) is 0 Å². The molecule has 0 fully saturated rings. The number of nitrogens with one attached hydrogen (secondary N) is 1.